The Hall–Kier alpha value is -2.21. The summed E-state index contributed by atoms with van der Waals surface area (Å²) in [5.41, 5.74) is 1.09. The molecule has 3 rings (SSSR count). The molecule has 6 heteroatoms. The molecule has 1 heterocycles. The Bertz CT molecular complexity index is 683. The van der Waals surface area contributed by atoms with Crippen LogP contribution < -0.4 is 5.32 Å². The van der Waals surface area contributed by atoms with Crippen LogP contribution in [0.5, 0.6) is 0 Å². The van der Waals surface area contributed by atoms with Gasteiger partial charge in [-0.3, -0.25) is 0 Å². The first-order valence-electron chi connectivity index (χ1n) is 7.01. The van der Waals surface area contributed by atoms with Crippen molar-refractivity contribution in [3.05, 3.63) is 30.0 Å². The average Bonchev–Trinajstić information content (AvgIpc) is 3.28. The number of esters is 1. The summed E-state index contributed by atoms with van der Waals surface area (Å²) in [7, 11) is 0. The molecular formula is C15H17N3O3. The minimum absolute atomic E-state index is 0.0198. The van der Waals surface area contributed by atoms with Crippen molar-refractivity contribution in [2.45, 2.75) is 25.3 Å². The quantitative estimate of drug-likeness (QED) is 0.815. The van der Waals surface area contributed by atoms with Gasteiger partial charge >= 0.3 is 5.97 Å². The van der Waals surface area contributed by atoms with Crippen molar-refractivity contribution < 1.29 is 14.6 Å². The third kappa shape index (κ3) is 2.54. The van der Waals surface area contributed by atoms with Crippen molar-refractivity contribution >= 4 is 22.6 Å². The van der Waals surface area contributed by atoms with Gasteiger partial charge in [-0.2, -0.15) is 0 Å². The van der Waals surface area contributed by atoms with Crippen molar-refractivity contribution in [1.29, 1.82) is 0 Å². The zero-order valence-electron chi connectivity index (χ0n) is 11.8. The van der Waals surface area contributed by atoms with Crippen LogP contribution >= 0.6 is 0 Å². The van der Waals surface area contributed by atoms with Crippen molar-refractivity contribution in [2.75, 3.05) is 18.5 Å². The Labute approximate surface area is 122 Å². The maximum Gasteiger partial charge on any atom is 0.361 e. The Morgan fingerprint density at radius 1 is 1.38 bits per heavy atom. The molecule has 0 bridgehead atoms. The molecule has 0 aliphatic heterocycles. The lowest BCUT2D eigenvalue weighted by Gasteiger charge is -2.19. The molecule has 2 aromatic rings. The second-order valence-corrected chi connectivity index (χ2v) is 5.22. The van der Waals surface area contributed by atoms with Gasteiger partial charge in [0.15, 0.2) is 5.69 Å². The molecule has 21 heavy (non-hydrogen) atoms. The number of carbonyl (C=O) groups is 1. The Morgan fingerprint density at radius 3 is 2.81 bits per heavy atom. The van der Waals surface area contributed by atoms with E-state index in [1.807, 2.05) is 24.3 Å². The first kappa shape index (κ1) is 13.8. The van der Waals surface area contributed by atoms with Crippen LogP contribution in [0.2, 0.25) is 0 Å². The van der Waals surface area contributed by atoms with E-state index in [-0.39, 0.29) is 24.4 Å². The van der Waals surface area contributed by atoms with Crippen LogP contribution in [0.4, 0.5) is 5.69 Å². The molecule has 1 aromatic carbocycles. The molecular weight excluding hydrogens is 270 g/mol. The summed E-state index contributed by atoms with van der Waals surface area (Å²) in [6.45, 7) is 2.04. The van der Waals surface area contributed by atoms with E-state index < -0.39 is 5.97 Å². The number of hydrogen-bond acceptors (Lipinski definition) is 6. The summed E-state index contributed by atoms with van der Waals surface area (Å²) in [4.78, 5) is 12.1. The molecule has 0 radical (unpaired) electrons. The molecule has 0 saturated heterocycles. The molecule has 1 fully saturated rings. The first-order chi connectivity index (χ1) is 10.2. The highest BCUT2D eigenvalue weighted by molar-refractivity contribution is 6.03. The molecule has 0 unspecified atom stereocenters. The van der Waals surface area contributed by atoms with E-state index in [0.717, 1.165) is 18.2 Å². The lowest BCUT2D eigenvalue weighted by atomic mass is 10.1. The molecule has 110 valence electrons. The molecule has 1 aromatic heterocycles. The van der Waals surface area contributed by atoms with E-state index in [1.165, 1.54) is 0 Å². The number of ether oxygens (including phenoxy) is 1. The van der Waals surface area contributed by atoms with Crippen LogP contribution in [0, 0.1) is 0 Å². The van der Waals surface area contributed by atoms with E-state index in [1.54, 1.807) is 6.92 Å². The smallest absolute Gasteiger partial charge is 0.361 e. The van der Waals surface area contributed by atoms with E-state index in [0.29, 0.717) is 11.2 Å². The molecule has 0 atom stereocenters. The molecule has 1 saturated carbocycles. The third-order valence-electron chi connectivity index (χ3n) is 3.68. The van der Waals surface area contributed by atoms with Crippen LogP contribution in [-0.2, 0) is 4.74 Å². The molecule has 6 nitrogen and oxygen atoms in total. The zero-order valence-corrected chi connectivity index (χ0v) is 11.8. The number of fused-ring (bicyclic) bond motifs is 1. The molecule has 1 aliphatic carbocycles. The highest BCUT2D eigenvalue weighted by Crippen LogP contribution is 2.40. The summed E-state index contributed by atoms with van der Waals surface area (Å²) in [5, 5.41) is 21.7. The van der Waals surface area contributed by atoms with E-state index in [9.17, 15) is 9.90 Å². The lowest BCUT2D eigenvalue weighted by molar-refractivity contribution is 0.0519. The number of rotatable bonds is 5. The van der Waals surface area contributed by atoms with Gasteiger partial charge < -0.3 is 15.2 Å². The maximum absolute atomic E-state index is 12.1. The number of benzene rings is 1. The normalized spacial score (nSPS) is 15.7. The minimum Gasteiger partial charge on any atom is -0.461 e. The largest absolute Gasteiger partial charge is 0.461 e. The summed E-state index contributed by atoms with van der Waals surface area (Å²) >= 11 is 0. The number of hydrogen-bond donors (Lipinski definition) is 2. The molecule has 1 aliphatic rings. The number of aromatic nitrogens is 2. The summed E-state index contributed by atoms with van der Waals surface area (Å²) in [5.74, 6) is -0.507. The Kier molecular flexibility index (Phi) is 3.47. The third-order valence-corrected chi connectivity index (χ3v) is 3.68. The minimum atomic E-state index is -0.507. The lowest BCUT2D eigenvalue weighted by Crippen LogP contribution is -2.27. The predicted octanol–water partition coefficient (Wildman–Crippen LogP) is 1.74. The summed E-state index contributed by atoms with van der Waals surface area (Å²) < 4.78 is 5.04. The van der Waals surface area contributed by atoms with E-state index in [4.69, 9.17) is 4.74 Å². The second-order valence-electron chi connectivity index (χ2n) is 5.22. The second kappa shape index (κ2) is 5.29. The van der Waals surface area contributed by atoms with Crippen molar-refractivity contribution in [3.8, 4) is 0 Å². The highest BCUT2D eigenvalue weighted by Gasteiger charge is 2.43. The first-order valence-corrected chi connectivity index (χ1v) is 7.01. The van der Waals surface area contributed by atoms with Gasteiger partial charge in [-0.25, -0.2) is 4.79 Å². The predicted molar refractivity (Wildman–Crippen MR) is 78.2 cm³/mol. The molecule has 0 spiro atoms. The van der Waals surface area contributed by atoms with Gasteiger partial charge in [-0.05, 0) is 25.8 Å². The fourth-order valence-corrected chi connectivity index (χ4v) is 2.26. The van der Waals surface area contributed by atoms with Crippen LogP contribution in [0.15, 0.2) is 24.3 Å². The molecule has 0 amide bonds. The summed E-state index contributed by atoms with van der Waals surface area (Å²) in [6.07, 6.45) is 1.73. The van der Waals surface area contributed by atoms with E-state index >= 15 is 0 Å². The number of nitrogens with one attached hydrogen (secondary N) is 1. The van der Waals surface area contributed by atoms with E-state index in [2.05, 4.69) is 15.5 Å². The number of carbonyl (C=O) groups excluding carboxylic acids is 1. The van der Waals surface area contributed by atoms with Gasteiger partial charge in [0.1, 0.15) is 0 Å². The van der Waals surface area contributed by atoms with Crippen LogP contribution in [0.1, 0.15) is 30.3 Å². The van der Waals surface area contributed by atoms with Gasteiger partial charge in [0.25, 0.3) is 0 Å². The fraction of sp³-hybridized carbons (Fsp3) is 0.400. The van der Waals surface area contributed by atoms with Crippen LogP contribution in [-0.4, -0.2) is 40.0 Å². The summed E-state index contributed by atoms with van der Waals surface area (Å²) in [6, 6.07) is 7.45. The van der Waals surface area contributed by atoms with Crippen molar-refractivity contribution in [1.82, 2.24) is 10.2 Å². The number of aliphatic hydroxyl groups is 1. The van der Waals surface area contributed by atoms with Gasteiger partial charge in [0.05, 0.1) is 30.0 Å². The van der Waals surface area contributed by atoms with Crippen molar-refractivity contribution in [3.63, 3.8) is 0 Å². The average molecular weight is 287 g/mol. The zero-order chi connectivity index (χ0) is 14.9. The Morgan fingerprint density at radius 2 is 2.14 bits per heavy atom. The van der Waals surface area contributed by atoms with Gasteiger partial charge in [-0.15, -0.1) is 10.2 Å². The number of aliphatic hydroxyl groups excluding tert-OH is 1. The van der Waals surface area contributed by atoms with Gasteiger partial charge in [-0.1, -0.05) is 18.2 Å². The standard InChI is InChI=1S/C15H17N3O3/c1-2-21-14(20)13-12(16-15(9-19)7-8-15)10-5-3-4-6-11(10)17-18-13/h3-6,19H,2,7-9H2,1H3,(H,16,17). The molecule has 2 N–H and O–H groups in total. The number of anilines is 1. The topological polar surface area (TPSA) is 84.3 Å². The Balaban J connectivity index is 2.11. The fourth-order valence-electron chi connectivity index (χ4n) is 2.26. The van der Waals surface area contributed by atoms with Crippen molar-refractivity contribution in [2.24, 2.45) is 0 Å². The highest BCUT2D eigenvalue weighted by atomic mass is 16.5. The van der Waals surface area contributed by atoms with Crippen LogP contribution in [0.25, 0.3) is 10.9 Å². The van der Waals surface area contributed by atoms with Gasteiger partial charge in [0, 0.05) is 5.39 Å². The number of nitrogens with zero attached hydrogens (tertiary/aromatic N) is 2. The van der Waals surface area contributed by atoms with Gasteiger partial charge in [0.2, 0.25) is 0 Å². The monoisotopic (exact) mass is 287 g/mol. The van der Waals surface area contributed by atoms with Crippen LogP contribution in [0.3, 0.4) is 0 Å². The maximum atomic E-state index is 12.1. The SMILES string of the molecule is CCOC(=O)c1nnc2ccccc2c1NC1(CO)CC1.